The van der Waals surface area contributed by atoms with Crippen molar-refractivity contribution < 1.29 is 43.8 Å². The predicted octanol–water partition coefficient (Wildman–Crippen LogP) is 2.47. The fourth-order valence-corrected chi connectivity index (χ4v) is 0. The van der Waals surface area contributed by atoms with E-state index in [0.29, 0.717) is 0 Å². The van der Waals surface area contributed by atoms with E-state index in [1.807, 2.05) is 0 Å². The molecule has 6 heteroatoms. The van der Waals surface area contributed by atoms with Crippen LogP contribution in [0.15, 0.2) is 0 Å². The van der Waals surface area contributed by atoms with Gasteiger partial charge in [-0.25, -0.2) is 4.39 Å². The van der Waals surface area contributed by atoms with Crippen LogP contribution in [-0.2, 0) is 26.2 Å². The van der Waals surface area contributed by atoms with Crippen molar-refractivity contribution in [2.75, 3.05) is 0 Å². The van der Waals surface area contributed by atoms with Crippen molar-refractivity contribution in [3.05, 3.63) is 0 Å². The summed E-state index contributed by atoms with van der Waals surface area (Å²) in [6.07, 6.45) is -4.96. The second-order valence-corrected chi connectivity index (χ2v) is 2.10. The molecular formula is C3H3ClF4Zr. The number of alkyl halides is 5. The maximum absolute atomic E-state index is 11.5. The Morgan fingerprint density at radius 1 is 1.11 bits per heavy atom. The van der Waals surface area contributed by atoms with Gasteiger partial charge in [-0.15, -0.1) is 0 Å². The molecule has 0 bridgehead atoms. The summed E-state index contributed by atoms with van der Waals surface area (Å²) in [5.41, 5.74) is 0. The Morgan fingerprint density at radius 2 is 1.22 bits per heavy atom. The maximum atomic E-state index is 11.5. The smallest absolute Gasteiger partial charge is 0.216 e. The monoisotopic (exact) mass is 240 g/mol. The Labute approximate surface area is 73.7 Å². The summed E-state index contributed by atoms with van der Waals surface area (Å²) in [4.78, 5) is 0. The summed E-state index contributed by atoms with van der Waals surface area (Å²) in [5, 5.41) is -3.59. The molecule has 0 rings (SSSR count). The first-order chi connectivity index (χ1) is 3.25. The molecule has 0 saturated heterocycles. The Hall–Kier alpha value is 0.893. The summed E-state index contributed by atoms with van der Waals surface area (Å²) in [5.74, 6) is 0. The third kappa shape index (κ3) is 4.32. The molecule has 0 aliphatic carbocycles. The van der Waals surface area contributed by atoms with Gasteiger partial charge in [-0.2, -0.15) is 13.2 Å². The Bertz CT molecular complexity index is 70.8. The average Bonchev–Trinajstić information content (AvgIpc) is 1.25. The molecule has 0 aliphatic rings. The van der Waals surface area contributed by atoms with E-state index in [1.165, 1.54) is 0 Å². The van der Waals surface area contributed by atoms with E-state index < -0.39 is 11.3 Å². The first-order valence-corrected chi connectivity index (χ1v) is 2.07. The Kier molecular flexibility index (Phi) is 4.65. The minimum atomic E-state index is -4.96. The molecule has 1 unspecified atom stereocenters. The third-order valence-electron chi connectivity index (χ3n) is 0.498. The zero-order valence-electron chi connectivity index (χ0n) is 4.39. The van der Waals surface area contributed by atoms with Gasteiger partial charge >= 0.3 is 6.18 Å². The van der Waals surface area contributed by atoms with E-state index in [0.717, 1.165) is 0 Å². The summed E-state index contributed by atoms with van der Waals surface area (Å²) >= 11 is 4.22. The van der Waals surface area contributed by atoms with Gasteiger partial charge in [0.2, 0.25) is 0 Å². The SMILES string of the molecule is CC(F)(Cl)C(F)(F)F.[Zr]. The fraction of sp³-hybridized carbons (Fsp3) is 1.00. The van der Waals surface area contributed by atoms with Gasteiger partial charge in [0.1, 0.15) is 0 Å². The third-order valence-corrected chi connectivity index (χ3v) is 0.712. The van der Waals surface area contributed by atoms with Crippen LogP contribution in [0.2, 0.25) is 0 Å². The standard InChI is InChI=1S/C3H3ClF4.Zr/c1-2(4,5)3(6,7)8;/h1H3;. The van der Waals surface area contributed by atoms with Crippen LogP contribution in [0.25, 0.3) is 0 Å². The van der Waals surface area contributed by atoms with E-state index in [2.05, 4.69) is 11.6 Å². The summed E-state index contributed by atoms with van der Waals surface area (Å²) < 4.78 is 44.7. The van der Waals surface area contributed by atoms with E-state index in [1.54, 1.807) is 0 Å². The number of halogens is 5. The molecule has 0 N–H and O–H groups in total. The van der Waals surface area contributed by atoms with Crippen LogP contribution in [0.3, 0.4) is 0 Å². The fourth-order valence-electron chi connectivity index (χ4n) is 0. The quantitative estimate of drug-likeness (QED) is 0.452. The van der Waals surface area contributed by atoms with Crippen LogP contribution in [-0.4, -0.2) is 11.3 Å². The van der Waals surface area contributed by atoms with Crippen molar-refractivity contribution >= 4 is 11.6 Å². The van der Waals surface area contributed by atoms with Crippen LogP contribution in [0.1, 0.15) is 6.92 Å². The molecule has 0 aliphatic heterocycles. The molecule has 0 amide bonds. The molecular weight excluding hydrogens is 239 g/mol. The second kappa shape index (κ2) is 3.33. The zero-order chi connectivity index (χ0) is 7.00. The van der Waals surface area contributed by atoms with Crippen molar-refractivity contribution in [2.24, 2.45) is 0 Å². The van der Waals surface area contributed by atoms with E-state index in [4.69, 9.17) is 0 Å². The van der Waals surface area contributed by atoms with Crippen LogP contribution >= 0.6 is 11.6 Å². The first kappa shape index (κ1) is 12.6. The van der Waals surface area contributed by atoms with E-state index in [9.17, 15) is 17.6 Å². The molecule has 0 nitrogen and oxygen atoms in total. The van der Waals surface area contributed by atoms with Crippen LogP contribution in [0, 0.1) is 0 Å². The van der Waals surface area contributed by atoms with Crippen molar-refractivity contribution in [1.29, 1.82) is 0 Å². The number of hydrogen-bond donors (Lipinski definition) is 0. The molecule has 0 spiro atoms. The van der Waals surface area contributed by atoms with Crippen LogP contribution in [0.5, 0.6) is 0 Å². The maximum Gasteiger partial charge on any atom is 0.436 e. The molecule has 1 atom stereocenters. The van der Waals surface area contributed by atoms with Crippen molar-refractivity contribution in [3.63, 3.8) is 0 Å². The molecule has 9 heavy (non-hydrogen) atoms. The van der Waals surface area contributed by atoms with Gasteiger partial charge in [0.15, 0.2) is 0 Å². The van der Waals surface area contributed by atoms with Crippen molar-refractivity contribution in [2.45, 2.75) is 18.2 Å². The molecule has 0 radical (unpaired) electrons. The molecule has 0 aromatic rings. The van der Waals surface area contributed by atoms with Gasteiger partial charge in [-0.3, -0.25) is 0 Å². The molecule has 0 fully saturated rings. The van der Waals surface area contributed by atoms with E-state index in [-0.39, 0.29) is 33.1 Å². The van der Waals surface area contributed by atoms with Gasteiger partial charge in [-0.05, 0) is 6.92 Å². The average molecular weight is 242 g/mol. The predicted molar refractivity (Wildman–Crippen MR) is 21.4 cm³/mol. The summed E-state index contributed by atoms with van der Waals surface area (Å²) in [7, 11) is 0. The van der Waals surface area contributed by atoms with Crippen LogP contribution < -0.4 is 0 Å². The normalized spacial score (nSPS) is 18.0. The van der Waals surface area contributed by atoms with Gasteiger partial charge < -0.3 is 0 Å². The molecule has 0 saturated carbocycles. The Morgan fingerprint density at radius 3 is 1.22 bits per heavy atom. The van der Waals surface area contributed by atoms with Gasteiger partial charge in [0.05, 0.1) is 0 Å². The second-order valence-electron chi connectivity index (χ2n) is 1.39. The molecule has 54 valence electrons. The molecule has 0 aromatic carbocycles. The summed E-state index contributed by atoms with van der Waals surface area (Å²) in [6.45, 7) is 0.245. The van der Waals surface area contributed by atoms with Crippen LogP contribution in [0.4, 0.5) is 17.6 Å². The first-order valence-electron chi connectivity index (χ1n) is 1.69. The minimum Gasteiger partial charge on any atom is -0.216 e. The van der Waals surface area contributed by atoms with Gasteiger partial charge in [0, 0.05) is 26.2 Å². The molecule has 0 heterocycles. The largest absolute Gasteiger partial charge is 0.436 e. The van der Waals surface area contributed by atoms with Gasteiger partial charge in [-0.1, -0.05) is 11.6 Å². The van der Waals surface area contributed by atoms with E-state index >= 15 is 0 Å². The molecule has 0 aromatic heterocycles. The zero-order valence-corrected chi connectivity index (χ0v) is 7.60. The Balaban J connectivity index is 0. The minimum absolute atomic E-state index is 0. The number of rotatable bonds is 0. The van der Waals surface area contributed by atoms with Crippen molar-refractivity contribution in [3.8, 4) is 0 Å². The number of hydrogen-bond acceptors (Lipinski definition) is 0. The summed E-state index contributed by atoms with van der Waals surface area (Å²) in [6, 6.07) is 0. The van der Waals surface area contributed by atoms with Gasteiger partial charge in [0.25, 0.3) is 5.13 Å². The topological polar surface area (TPSA) is 0 Å². The van der Waals surface area contributed by atoms with Crippen molar-refractivity contribution in [1.82, 2.24) is 0 Å².